The van der Waals surface area contributed by atoms with E-state index in [9.17, 15) is 0 Å². The van der Waals surface area contributed by atoms with Crippen LogP contribution in [0.4, 0.5) is 0 Å². The zero-order chi connectivity index (χ0) is 3.58. The first kappa shape index (κ1) is 5.79. The van der Waals surface area contributed by atoms with E-state index in [-0.39, 0.29) is 0 Å². The maximum absolute atomic E-state index is 5.03. The van der Waals surface area contributed by atoms with Crippen molar-refractivity contribution < 1.29 is 0 Å². The van der Waals surface area contributed by atoms with E-state index in [4.69, 9.17) is 24.9 Å². The van der Waals surface area contributed by atoms with Crippen LogP contribution in [-0.2, 0) is 0 Å². The molecule has 0 aliphatic rings. The van der Waals surface area contributed by atoms with Gasteiger partial charge in [0.25, 0.3) is 0 Å². The van der Waals surface area contributed by atoms with Crippen molar-refractivity contribution in [2.45, 2.75) is 0 Å². The standard InChI is InChI=1S/3ClH.Tl/h3*1H;/q;;;+3/p-3. The van der Waals surface area contributed by atoms with Crippen LogP contribution < -0.4 is 0 Å². The summed E-state index contributed by atoms with van der Waals surface area (Å²) in [4.78, 5) is 0. The van der Waals surface area contributed by atoms with Crippen LogP contribution in [0.3, 0.4) is 0 Å². The summed E-state index contributed by atoms with van der Waals surface area (Å²) in [6, 6.07) is 0. The molecule has 4 heavy (non-hydrogen) atoms. The molecule has 0 aromatic heterocycles. The van der Waals surface area contributed by atoms with E-state index in [1.54, 1.807) is 0 Å². The Labute approximate surface area is 43.6 Å². The Morgan fingerprint density at radius 3 is 1.00 bits per heavy atom. The van der Waals surface area contributed by atoms with Crippen molar-refractivity contribution in [1.82, 2.24) is 0 Å². The molecule has 0 N–H and O–H groups in total. The van der Waals surface area contributed by atoms with Gasteiger partial charge in [-0.1, -0.05) is 0 Å². The van der Waals surface area contributed by atoms with Crippen LogP contribution in [0.1, 0.15) is 0 Å². The van der Waals surface area contributed by atoms with Gasteiger partial charge in [-0.15, -0.1) is 0 Å². The van der Waals surface area contributed by atoms with Gasteiger partial charge in [-0.2, -0.15) is 0 Å². The summed E-state index contributed by atoms with van der Waals surface area (Å²) in [7, 11) is 15.1. The molecular weight excluding hydrogens is 311 g/mol. The van der Waals surface area contributed by atoms with Gasteiger partial charge in [0.05, 0.1) is 0 Å². The summed E-state index contributed by atoms with van der Waals surface area (Å²) in [5.41, 5.74) is 0. The fraction of sp³-hybridized carbons (Fsp3) is 0. The van der Waals surface area contributed by atoms with Crippen LogP contribution in [0.2, 0.25) is 0 Å². The van der Waals surface area contributed by atoms with Crippen molar-refractivity contribution in [1.29, 1.82) is 0 Å². The second-order valence-electron chi connectivity index (χ2n) is 0.247. The molecule has 0 aromatic carbocycles. The molecule has 0 saturated carbocycles. The Hall–Kier alpha value is 1.79. The predicted octanol–water partition coefficient (Wildman–Crippen LogP) is 1.69. The fourth-order valence-electron chi connectivity index (χ4n) is 0. The van der Waals surface area contributed by atoms with Crippen LogP contribution in [0.5, 0.6) is 0 Å². The van der Waals surface area contributed by atoms with Gasteiger partial charge in [0, 0.05) is 0 Å². The Balaban J connectivity index is 2.32. The van der Waals surface area contributed by atoms with Crippen molar-refractivity contribution in [3.8, 4) is 0 Å². The van der Waals surface area contributed by atoms with Crippen LogP contribution in [0.15, 0.2) is 0 Å². The van der Waals surface area contributed by atoms with Crippen LogP contribution in [0, 0.1) is 0 Å². The summed E-state index contributed by atoms with van der Waals surface area (Å²) in [5.74, 6) is 0. The average Bonchev–Trinajstić information content (AvgIpc) is 0.811. The quantitative estimate of drug-likeness (QED) is 0.597. The van der Waals surface area contributed by atoms with Crippen LogP contribution in [0.25, 0.3) is 0 Å². The third kappa shape index (κ3) is 9.20. The molecule has 0 radical (unpaired) electrons. The topological polar surface area (TPSA) is 0 Å². The molecule has 0 aliphatic heterocycles. The summed E-state index contributed by atoms with van der Waals surface area (Å²) < 4.78 is 0. The molecule has 0 unspecified atom stereocenters. The molecule has 0 aliphatic carbocycles. The maximum atomic E-state index is 5.03. The van der Waals surface area contributed by atoms with E-state index in [0.29, 0.717) is 0 Å². The van der Waals surface area contributed by atoms with Gasteiger partial charge in [-0.3, -0.25) is 0 Å². The fourth-order valence-corrected chi connectivity index (χ4v) is 0. The Kier molecular flexibility index (Phi) is 4.35. The van der Waals surface area contributed by atoms with E-state index in [1.165, 1.54) is 0 Å². The molecule has 0 fully saturated rings. The molecule has 24 valence electrons. The van der Waals surface area contributed by atoms with Gasteiger partial charge in [0.2, 0.25) is 0 Å². The van der Waals surface area contributed by atoms with Crippen LogP contribution in [-0.4, -0.2) is 19.0 Å². The minimum absolute atomic E-state index is 2.31. The normalized spacial score (nSPS) is 6.75. The summed E-state index contributed by atoms with van der Waals surface area (Å²) >= 11 is -2.31. The first-order valence-corrected chi connectivity index (χ1v) is 17.2. The Morgan fingerprint density at radius 2 is 1.00 bits per heavy atom. The molecule has 0 bridgehead atoms. The van der Waals surface area contributed by atoms with Crippen molar-refractivity contribution >= 4 is 44.0 Å². The van der Waals surface area contributed by atoms with Gasteiger partial charge < -0.3 is 0 Å². The van der Waals surface area contributed by atoms with Gasteiger partial charge in [-0.05, 0) is 0 Å². The predicted molar refractivity (Wildman–Crippen MR) is 23.3 cm³/mol. The van der Waals surface area contributed by atoms with Gasteiger partial charge in [-0.25, -0.2) is 0 Å². The second-order valence-corrected chi connectivity index (χ2v) is 19.5. The number of halogens is 3. The second kappa shape index (κ2) is 3.00. The molecule has 0 nitrogen and oxygen atoms in total. The number of hydrogen-bond donors (Lipinski definition) is 0. The van der Waals surface area contributed by atoms with E-state index in [1.807, 2.05) is 0 Å². The first-order chi connectivity index (χ1) is 1.73. The summed E-state index contributed by atoms with van der Waals surface area (Å²) in [5, 5.41) is 0. The molecule has 4 heteroatoms. The zero-order valence-corrected chi connectivity index (χ0v) is 8.47. The Morgan fingerprint density at radius 1 is 1.00 bits per heavy atom. The third-order valence-corrected chi connectivity index (χ3v) is 0. The number of rotatable bonds is 0. The van der Waals surface area contributed by atoms with Crippen molar-refractivity contribution in [2.75, 3.05) is 0 Å². The van der Waals surface area contributed by atoms with Crippen LogP contribution >= 0.6 is 24.9 Å². The SMILES string of the molecule is [Cl][Tl]([Cl])[Cl]. The van der Waals surface area contributed by atoms with Gasteiger partial charge in [0.1, 0.15) is 0 Å². The molecule has 0 atom stereocenters. The van der Waals surface area contributed by atoms with E-state index in [2.05, 4.69) is 0 Å². The van der Waals surface area contributed by atoms with Gasteiger partial charge >= 0.3 is 44.0 Å². The van der Waals surface area contributed by atoms with E-state index in [0.717, 1.165) is 0 Å². The third-order valence-electron chi connectivity index (χ3n) is 0. The molecule has 0 saturated heterocycles. The monoisotopic (exact) mass is 310 g/mol. The summed E-state index contributed by atoms with van der Waals surface area (Å²) in [6.07, 6.45) is 0. The average molecular weight is 311 g/mol. The minimum atomic E-state index is -2.31. The molecule has 0 aromatic rings. The Bertz CT molecular complexity index is 8.00. The van der Waals surface area contributed by atoms with Crippen molar-refractivity contribution in [3.05, 3.63) is 0 Å². The van der Waals surface area contributed by atoms with E-state index >= 15 is 0 Å². The molecule has 0 heterocycles. The van der Waals surface area contributed by atoms with E-state index < -0.39 is 19.0 Å². The molecular formula is Cl3Tl. The summed E-state index contributed by atoms with van der Waals surface area (Å²) in [6.45, 7) is 0. The molecule has 0 amide bonds. The zero-order valence-electron chi connectivity index (χ0n) is 1.71. The molecule has 0 spiro atoms. The molecule has 0 rings (SSSR count). The van der Waals surface area contributed by atoms with Crippen molar-refractivity contribution in [3.63, 3.8) is 0 Å². The van der Waals surface area contributed by atoms with Gasteiger partial charge in [0.15, 0.2) is 0 Å². The first-order valence-electron chi connectivity index (χ1n) is 0.655. The number of hydrogen-bond acceptors (Lipinski definition) is 0. The van der Waals surface area contributed by atoms with Crippen molar-refractivity contribution in [2.24, 2.45) is 0 Å².